The van der Waals surface area contributed by atoms with Gasteiger partial charge in [0.05, 0.1) is 35.8 Å². The van der Waals surface area contributed by atoms with Gasteiger partial charge in [0.15, 0.2) is 0 Å². The van der Waals surface area contributed by atoms with Gasteiger partial charge in [-0.25, -0.2) is 4.98 Å². The van der Waals surface area contributed by atoms with Crippen molar-refractivity contribution in [3.8, 4) is 0 Å². The number of carbonyl (C=O) groups is 2. The molecular weight excluding hydrogens is 494 g/mol. The lowest BCUT2D eigenvalue weighted by molar-refractivity contribution is -0.148. The minimum atomic E-state index is -0.141. The molecule has 0 bridgehead atoms. The first-order valence-corrected chi connectivity index (χ1v) is 13.3. The van der Waals surface area contributed by atoms with Crippen LogP contribution in [0.2, 0.25) is 0 Å². The molecule has 0 spiro atoms. The molecule has 1 aromatic carbocycles. The molecule has 0 saturated carbocycles. The lowest BCUT2D eigenvalue weighted by Crippen LogP contribution is -2.37. The van der Waals surface area contributed by atoms with E-state index in [4.69, 9.17) is 26.4 Å². The Morgan fingerprint density at radius 2 is 2.08 bits per heavy atom. The highest BCUT2D eigenvalue weighted by Gasteiger charge is 2.33. The lowest BCUT2D eigenvalue weighted by atomic mass is 9.96. The number of aromatic nitrogens is 1. The highest BCUT2D eigenvalue weighted by molar-refractivity contribution is 8.26. The van der Waals surface area contributed by atoms with Gasteiger partial charge in [0.1, 0.15) is 15.9 Å². The van der Waals surface area contributed by atoms with Gasteiger partial charge in [-0.2, -0.15) is 0 Å². The molecule has 3 aromatic rings. The van der Waals surface area contributed by atoms with Gasteiger partial charge in [-0.15, -0.1) is 0 Å². The number of thiocarbonyl (C=S) groups is 1. The standard InChI is InChI=1S/C27H27N3O4S2/c1-3-33-26(32)18-9-11-29(12-10-18)24-20(14-19-7-4-6-17(2)23(19)28-24)15-22-25(31)30(27(35)36-22)16-21-8-5-13-34-21/h4-8,13-15,18H,3,9-12,16H2,1-2H3/b22-15-. The molecule has 0 aliphatic carbocycles. The van der Waals surface area contributed by atoms with Crippen LogP contribution in [0.4, 0.5) is 5.82 Å². The summed E-state index contributed by atoms with van der Waals surface area (Å²) >= 11 is 6.80. The van der Waals surface area contributed by atoms with E-state index < -0.39 is 0 Å². The predicted molar refractivity (Wildman–Crippen MR) is 145 cm³/mol. The minimum Gasteiger partial charge on any atom is -0.467 e. The van der Waals surface area contributed by atoms with E-state index >= 15 is 0 Å². The van der Waals surface area contributed by atoms with E-state index in [1.165, 1.54) is 11.8 Å². The van der Waals surface area contributed by atoms with Crippen molar-refractivity contribution >= 4 is 63.0 Å². The van der Waals surface area contributed by atoms with Crippen LogP contribution in [0.5, 0.6) is 0 Å². The first-order chi connectivity index (χ1) is 17.4. The van der Waals surface area contributed by atoms with Crippen LogP contribution in [-0.2, 0) is 20.9 Å². The van der Waals surface area contributed by atoms with Crippen molar-refractivity contribution in [3.63, 3.8) is 0 Å². The predicted octanol–water partition coefficient (Wildman–Crippen LogP) is 5.32. The Kier molecular flexibility index (Phi) is 7.11. The van der Waals surface area contributed by atoms with Gasteiger partial charge in [-0.1, -0.05) is 42.2 Å². The zero-order valence-electron chi connectivity index (χ0n) is 20.2. The Bertz CT molecular complexity index is 1340. The fourth-order valence-corrected chi connectivity index (χ4v) is 5.88. The molecular formula is C27H27N3O4S2. The van der Waals surface area contributed by atoms with Gasteiger partial charge in [0, 0.05) is 24.0 Å². The summed E-state index contributed by atoms with van der Waals surface area (Å²) in [6, 6.07) is 11.8. The number of benzene rings is 1. The van der Waals surface area contributed by atoms with Crippen molar-refractivity contribution in [2.45, 2.75) is 33.2 Å². The monoisotopic (exact) mass is 521 g/mol. The number of nitrogens with zero attached hydrogens (tertiary/aromatic N) is 3. The third kappa shape index (κ3) is 4.90. The molecule has 186 valence electrons. The van der Waals surface area contributed by atoms with Gasteiger partial charge in [-0.05, 0) is 56.5 Å². The number of rotatable bonds is 6. The summed E-state index contributed by atoms with van der Waals surface area (Å²) in [5, 5.41) is 1.01. The third-order valence-corrected chi connectivity index (χ3v) is 7.90. The lowest BCUT2D eigenvalue weighted by Gasteiger charge is -2.33. The average Bonchev–Trinajstić information content (AvgIpc) is 3.48. The smallest absolute Gasteiger partial charge is 0.309 e. The van der Waals surface area contributed by atoms with E-state index in [1.807, 2.05) is 44.2 Å². The molecule has 2 fully saturated rings. The van der Waals surface area contributed by atoms with Crippen LogP contribution in [0.1, 0.15) is 36.7 Å². The van der Waals surface area contributed by atoms with Crippen molar-refractivity contribution in [1.29, 1.82) is 0 Å². The molecule has 4 heterocycles. The van der Waals surface area contributed by atoms with Crippen molar-refractivity contribution in [2.24, 2.45) is 5.92 Å². The number of pyridine rings is 1. The van der Waals surface area contributed by atoms with Crippen LogP contribution >= 0.6 is 24.0 Å². The van der Waals surface area contributed by atoms with Crippen LogP contribution in [0.15, 0.2) is 52.0 Å². The summed E-state index contributed by atoms with van der Waals surface area (Å²) in [6.45, 7) is 5.96. The van der Waals surface area contributed by atoms with Gasteiger partial charge in [0.2, 0.25) is 0 Å². The minimum absolute atomic E-state index is 0.0929. The number of amides is 1. The highest BCUT2D eigenvalue weighted by Crippen LogP contribution is 2.37. The summed E-state index contributed by atoms with van der Waals surface area (Å²) in [5.41, 5.74) is 2.88. The highest BCUT2D eigenvalue weighted by atomic mass is 32.2. The SMILES string of the molecule is CCOC(=O)C1CCN(c2nc3c(C)cccc3cc2/C=C2\SC(=S)N(Cc3ccco3)C2=O)CC1. The van der Waals surface area contributed by atoms with E-state index in [-0.39, 0.29) is 17.8 Å². The molecule has 7 nitrogen and oxygen atoms in total. The number of carbonyl (C=O) groups excluding carboxylic acids is 2. The number of ether oxygens (including phenoxy) is 1. The number of aryl methyl sites for hydroxylation is 1. The molecule has 2 aliphatic heterocycles. The average molecular weight is 522 g/mol. The van der Waals surface area contributed by atoms with E-state index in [0.717, 1.165) is 27.8 Å². The van der Waals surface area contributed by atoms with Crippen LogP contribution in [0.3, 0.4) is 0 Å². The maximum Gasteiger partial charge on any atom is 0.309 e. The molecule has 0 unspecified atom stereocenters. The molecule has 36 heavy (non-hydrogen) atoms. The first kappa shape index (κ1) is 24.5. The molecule has 0 radical (unpaired) electrons. The fourth-order valence-electron chi connectivity index (χ4n) is 4.64. The van der Waals surface area contributed by atoms with Gasteiger partial charge in [0.25, 0.3) is 5.91 Å². The van der Waals surface area contributed by atoms with Crippen molar-refractivity contribution in [1.82, 2.24) is 9.88 Å². The molecule has 2 saturated heterocycles. The number of piperidine rings is 1. The summed E-state index contributed by atoms with van der Waals surface area (Å²) in [7, 11) is 0. The number of furan rings is 1. The molecule has 1 amide bonds. The van der Waals surface area contributed by atoms with E-state index in [9.17, 15) is 9.59 Å². The van der Waals surface area contributed by atoms with Crippen molar-refractivity contribution in [2.75, 3.05) is 24.6 Å². The number of fused-ring (bicyclic) bond motifs is 1. The Hall–Kier alpha value is -3.17. The summed E-state index contributed by atoms with van der Waals surface area (Å²) in [6.07, 6.45) is 4.89. The molecule has 2 aromatic heterocycles. The van der Waals surface area contributed by atoms with Crippen molar-refractivity contribution in [3.05, 3.63) is 64.5 Å². The third-order valence-electron chi connectivity index (χ3n) is 6.52. The van der Waals surface area contributed by atoms with Gasteiger partial charge in [-0.3, -0.25) is 14.5 Å². The second-order valence-electron chi connectivity index (χ2n) is 8.91. The van der Waals surface area contributed by atoms with Gasteiger partial charge < -0.3 is 14.1 Å². The topological polar surface area (TPSA) is 75.9 Å². The Morgan fingerprint density at radius 1 is 1.28 bits per heavy atom. The van der Waals surface area contributed by atoms with E-state index in [2.05, 4.69) is 11.0 Å². The zero-order valence-corrected chi connectivity index (χ0v) is 21.9. The maximum absolute atomic E-state index is 13.3. The molecule has 9 heteroatoms. The van der Waals surface area contributed by atoms with E-state index in [1.54, 1.807) is 17.2 Å². The number of anilines is 1. The Morgan fingerprint density at radius 3 is 2.81 bits per heavy atom. The Labute approximate surface area is 219 Å². The van der Waals surface area contributed by atoms with Crippen molar-refractivity contribution < 1.29 is 18.7 Å². The molecule has 2 aliphatic rings. The second kappa shape index (κ2) is 10.4. The van der Waals surface area contributed by atoms with Gasteiger partial charge >= 0.3 is 5.97 Å². The first-order valence-electron chi connectivity index (χ1n) is 12.0. The number of hydrogen-bond acceptors (Lipinski definition) is 8. The van der Waals surface area contributed by atoms with Crippen LogP contribution in [-0.4, -0.2) is 45.8 Å². The normalized spacial score (nSPS) is 18.0. The summed E-state index contributed by atoms with van der Waals surface area (Å²) in [4.78, 5) is 34.9. The fraction of sp³-hybridized carbons (Fsp3) is 0.333. The van der Waals surface area contributed by atoms with Crippen LogP contribution < -0.4 is 4.90 Å². The van der Waals surface area contributed by atoms with E-state index in [0.29, 0.717) is 54.1 Å². The largest absolute Gasteiger partial charge is 0.467 e. The summed E-state index contributed by atoms with van der Waals surface area (Å²) < 4.78 is 11.1. The van der Waals surface area contributed by atoms with Crippen LogP contribution in [0.25, 0.3) is 17.0 Å². The second-order valence-corrected chi connectivity index (χ2v) is 10.6. The number of hydrogen-bond donors (Lipinski definition) is 0. The number of para-hydroxylation sites is 1. The molecule has 0 N–H and O–H groups in total. The van der Waals surface area contributed by atoms with Crippen LogP contribution in [0, 0.1) is 12.8 Å². The number of esters is 1. The number of thioether (sulfide) groups is 1. The zero-order chi connectivity index (χ0) is 25.2. The summed E-state index contributed by atoms with van der Waals surface area (Å²) in [5.74, 6) is 1.14. The Balaban J connectivity index is 1.47. The molecule has 0 atom stereocenters. The maximum atomic E-state index is 13.3. The molecule has 5 rings (SSSR count). The quantitative estimate of drug-likeness (QED) is 0.245.